The number of anilines is 2. The topological polar surface area (TPSA) is 101 Å². The Morgan fingerprint density at radius 1 is 1.09 bits per heavy atom. The highest BCUT2D eigenvalue weighted by Crippen LogP contribution is 2.32. The van der Waals surface area contributed by atoms with E-state index in [2.05, 4.69) is 21.3 Å². The summed E-state index contributed by atoms with van der Waals surface area (Å²) >= 11 is 0. The number of hydrogen-bond acceptors (Lipinski definition) is 8. The third-order valence-corrected chi connectivity index (χ3v) is 7.40. The molecule has 3 aromatic rings. The van der Waals surface area contributed by atoms with Crippen LogP contribution in [0.15, 0.2) is 12.1 Å². The van der Waals surface area contributed by atoms with E-state index in [1.54, 1.807) is 0 Å². The lowest BCUT2D eigenvalue weighted by molar-refractivity contribution is 0.0196. The summed E-state index contributed by atoms with van der Waals surface area (Å²) in [6.45, 7) is 6.66. The minimum atomic E-state index is -0.558. The number of fused-ring (bicyclic) bond motifs is 2. The van der Waals surface area contributed by atoms with Crippen LogP contribution in [0.5, 0.6) is 5.88 Å². The fraction of sp³-hybridized carbons (Fsp3) is 0.600. The molecule has 0 bridgehead atoms. The summed E-state index contributed by atoms with van der Waals surface area (Å²) in [7, 11) is 0. The summed E-state index contributed by atoms with van der Waals surface area (Å²) < 4.78 is 7.60. The first-order chi connectivity index (χ1) is 16.4. The van der Waals surface area contributed by atoms with Crippen LogP contribution >= 0.6 is 0 Å². The summed E-state index contributed by atoms with van der Waals surface area (Å²) in [6.07, 6.45) is 7.69. The molecule has 3 aromatic heterocycles. The van der Waals surface area contributed by atoms with E-state index in [9.17, 15) is 5.11 Å². The molecular weight excluding hydrogens is 430 g/mol. The Kier molecular flexibility index (Phi) is 5.32. The lowest BCUT2D eigenvalue weighted by atomic mass is 9.84. The summed E-state index contributed by atoms with van der Waals surface area (Å²) in [6, 6.07) is 4.44. The molecule has 5 heterocycles. The van der Waals surface area contributed by atoms with E-state index >= 15 is 0 Å². The Bertz CT molecular complexity index is 1210. The van der Waals surface area contributed by atoms with Gasteiger partial charge in [0.2, 0.25) is 5.88 Å². The van der Waals surface area contributed by atoms with Gasteiger partial charge in [-0.15, -0.1) is 0 Å². The summed E-state index contributed by atoms with van der Waals surface area (Å²) in [5.74, 6) is 2.58. The summed E-state index contributed by atoms with van der Waals surface area (Å²) in [4.78, 5) is 16.9. The van der Waals surface area contributed by atoms with Crippen molar-refractivity contribution in [1.29, 1.82) is 0 Å². The molecule has 1 saturated carbocycles. The summed E-state index contributed by atoms with van der Waals surface area (Å²) in [5, 5.41) is 19.0. The van der Waals surface area contributed by atoms with Crippen LogP contribution in [-0.4, -0.2) is 61.0 Å². The monoisotopic (exact) mass is 463 g/mol. The third kappa shape index (κ3) is 4.06. The maximum absolute atomic E-state index is 10.4. The highest BCUT2D eigenvalue weighted by Gasteiger charge is 2.29. The molecule has 1 aliphatic carbocycles. The van der Waals surface area contributed by atoms with Crippen molar-refractivity contribution in [3.8, 4) is 17.3 Å². The number of aryl methyl sites for hydroxylation is 2. The average molecular weight is 464 g/mol. The second-order valence-electron chi connectivity index (χ2n) is 10.3. The molecule has 0 aromatic carbocycles. The lowest BCUT2D eigenvalue weighted by Gasteiger charge is -2.34. The van der Waals surface area contributed by atoms with E-state index in [1.807, 2.05) is 24.4 Å². The fourth-order valence-electron chi connectivity index (χ4n) is 5.34. The zero-order valence-electron chi connectivity index (χ0n) is 20.0. The van der Waals surface area contributed by atoms with Gasteiger partial charge in [0.25, 0.3) is 0 Å². The van der Waals surface area contributed by atoms with Crippen molar-refractivity contribution in [3.05, 3.63) is 23.5 Å². The molecule has 0 atom stereocenters. The van der Waals surface area contributed by atoms with Gasteiger partial charge in [0.15, 0.2) is 5.65 Å². The van der Waals surface area contributed by atoms with Crippen LogP contribution in [0.3, 0.4) is 0 Å². The Morgan fingerprint density at radius 2 is 1.88 bits per heavy atom. The van der Waals surface area contributed by atoms with Crippen molar-refractivity contribution in [2.45, 2.75) is 76.9 Å². The van der Waals surface area contributed by atoms with Crippen molar-refractivity contribution in [2.75, 3.05) is 29.9 Å². The van der Waals surface area contributed by atoms with Gasteiger partial charge in [-0.2, -0.15) is 9.61 Å². The Labute approximate surface area is 199 Å². The normalized spacial score (nSPS) is 24.8. The number of aromatic nitrogens is 5. The molecule has 3 aliphatic rings. The zero-order chi connectivity index (χ0) is 23.3. The smallest absolute Gasteiger partial charge is 0.235 e. The summed E-state index contributed by atoms with van der Waals surface area (Å²) in [5.41, 5.74) is 3.53. The largest absolute Gasteiger partial charge is 0.476 e. The molecule has 0 amide bonds. The molecule has 2 N–H and O–H groups in total. The van der Waals surface area contributed by atoms with Gasteiger partial charge in [-0.05, 0) is 65.2 Å². The molecule has 0 radical (unpaired) electrons. The molecule has 34 heavy (non-hydrogen) atoms. The molecule has 1 saturated heterocycles. The number of nitrogens with zero attached hydrogens (tertiary/aromatic N) is 6. The quantitative estimate of drug-likeness (QED) is 0.606. The van der Waals surface area contributed by atoms with Crippen molar-refractivity contribution in [1.82, 2.24) is 24.6 Å². The third-order valence-electron chi connectivity index (χ3n) is 7.40. The molecule has 2 aliphatic heterocycles. The Balaban J connectivity index is 1.39. The standard InChI is InChI=1S/C25H33N7O2/c1-16-23(28-18-6-5-13-34-24(18)26-16)19-14-21-29-20(31-11-3-4-12-31)15-22(32(21)30-19)27-17-7-9-25(2,33)10-8-17/h14-15,17,27,33H,3-13H2,1-2H3. The van der Waals surface area contributed by atoms with Crippen molar-refractivity contribution >= 4 is 17.3 Å². The zero-order valence-corrected chi connectivity index (χ0v) is 20.0. The highest BCUT2D eigenvalue weighted by atomic mass is 16.5. The second kappa shape index (κ2) is 8.37. The van der Waals surface area contributed by atoms with Gasteiger partial charge in [-0.1, -0.05) is 0 Å². The number of rotatable bonds is 4. The molecular formula is C25H33N7O2. The van der Waals surface area contributed by atoms with Gasteiger partial charge in [0.1, 0.15) is 28.7 Å². The van der Waals surface area contributed by atoms with Gasteiger partial charge in [0.05, 0.1) is 17.9 Å². The number of hydrogen-bond donors (Lipinski definition) is 2. The van der Waals surface area contributed by atoms with Crippen molar-refractivity contribution in [2.24, 2.45) is 0 Å². The first kappa shape index (κ1) is 21.6. The minimum Gasteiger partial charge on any atom is -0.476 e. The van der Waals surface area contributed by atoms with Crippen molar-refractivity contribution in [3.63, 3.8) is 0 Å². The molecule has 9 nitrogen and oxygen atoms in total. The van der Waals surface area contributed by atoms with E-state index in [4.69, 9.17) is 19.8 Å². The molecule has 0 unspecified atom stereocenters. The molecule has 180 valence electrons. The van der Waals surface area contributed by atoms with Crippen LogP contribution in [0.2, 0.25) is 0 Å². The van der Waals surface area contributed by atoms with Gasteiger partial charge in [0, 0.05) is 31.3 Å². The SMILES string of the molecule is Cc1nc2c(nc1-c1cc3nc(N4CCCC4)cc(NC4CCC(C)(O)CC4)n3n1)CCCO2. The Hall–Kier alpha value is -2.94. The van der Waals surface area contributed by atoms with Crippen LogP contribution in [-0.2, 0) is 6.42 Å². The fourth-order valence-corrected chi connectivity index (χ4v) is 5.34. The molecule has 0 spiro atoms. The number of aliphatic hydroxyl groups is 1. The van der Waals surface area contributed by atoms with Crippen LogP contribution < -0.4 is 15.0 Å². The van der Waals surface area contributed by atoms with Gasteiger partial charge in [-0.25, -0.2) is 15.0 Å². The predicted octanol–water partition coefficient (Wildman–Crippen LogP) is 3.53. The van der Waals surface area contributed by atoms with E-state index in [1.165, 1.54) is 12.8 Å². The minimum absolute atomic E-state index is 0.298. The maximum atomic E-state index is 10.4. The van der Waals surface area contributed by atoms with Gasteiger partial charge >= 0.3 is 0 Å². The van der Waals surface area contributed by atoms with Gasteiger partial charge < -0.3 is 20.1 Å². The van der Waals surface area contributed by atoms with Crippen LogP contribution in [0.1, 0.15) is 63.3 Å². The van der Waals surface area contributed by atoms with Gasteiger partial charge in [-0.3, -0.25) is 0 Å². The van der Waals surface area contributed by atoms with E-state index < -0.39 is 5.60 Å². The van der Waals surface area contributed by atoms with Crippen LogP contribution in [0.25, 0.3) is 17.0 Å². The van der Waals surface area contributed by atoms with E-state index in [-0.39, 0.29) is 0 Å². The second-order valence-corrected chi connectivity index (χ2v) is 10.3. The Morgan fingerprint density at radius 3 is 2.68 bits per heavy atom. The number of ether oxygens (including phenoxy) is 1. The predicted molar refractivity (Wildman–Crippen MR) is 131 cm³/mol. The molecule has 9 heteroatoms. The van der Waals surface area contributed by atoms with Crippen molar-refractivity contribution < 1.29 is 9.84 Å². The highest BCUT2D eigenvalue weighted by molar-refractivity contribution is 5.67. The molecule has 2 fully saturated rings. The van der Waals surface area contributed by atoms with Crippen LogP contribution in [0, 0.1) is 6.92 Å². The first-order valence-electron chi connectivity index (χ1n) is 12.6. The first-order valence-corrected chi connectivity index (χ1v) is 12.6. The maximum Gasteiger partial charge on any atom is 0.235 e. The van der Waals surface area contributed by atoms with E-state index in [0.717, 1.165) is 91.7 Å². The molecule has 6 rings (SSSR count). The van der Waals surface area contributed by atoms with E-state index in [0.29, 0.717) is 18.5 Å². The number of nitrogens with one attached hydrogen (secondary N) is 1. The average Bonchev–Trinajstić information content (AvgIpc) is 3.50. The van der Waals surface area contributed by atoms with Crippen LogP contribution in [0.4, 0.5) is 11.6 Å². The lowest BCUT2D eigenvalue weighted by Crippen LogP contribution is -2.36.